The second-order valence-electron chi connectivity index (χ2n) is 3.50. The van der Waals surface area contributed by atoms with E-state index in [2.05, 4.69) is 5.10 Å². The second kappa shape index (κ2) is 4.23. The first kappa shape index (κ1) is 11.1. The fourth-order valence-electron chi connectivity index (χ4n) is 1.59. The molecule has 0 atom stereocenters. The van der Waals surface area contributed by atoms with E-state index in [1.807, 2.05) is 0 Å². The summed E-state index contributed by atoms with van der Waals surface area (Å²) in [5.41, 5.74) is 7.30. The van der Waals surface area contributed by atoms with Crippen LogP contribution in [0.5, 0.6) is 0 Å². The van der Waals surface area contributed by atoms with Crippen LogP contribution in [-0.4, -0.2) is 9.78 Å². The third-order valence-corrected chi connectivity index (χ3v) is 2.54. The molecule has 2 rings (SSSR count). The standard InChI is InChI=1S/C11H11ClFN3/c1-16-6-7(5-14)11(15-16)9-4-8(12)2-3-10(9)13/h2-4,6H,5,14H2,1H3. The lowest BCUT2D eigenvalue weighted by molar-refractivity contribution is 0.629. The summed E-state index contributed by atoms with van der Waals surface area (Å²) < 4.78 is 15.2. The van der Waals surface area contributed by atoms with Crippen molar-refractivity contribution >= 4 is 11.6 Å². The van der Waals surface area contributed by atoms with Crippen molar-refractivity contribution in [3.63, 3.8) is 0 Å². The van der Waals surface area contributed by atoms with Crippen LogP contribution in [0.15, 0.2) is 24.4 Å². The minimum absolute atomic E-state index is 0.315. The molecule has 0 aliphatic heterocycles. The molecule has 5 heteroatoms. The van der Waals surface area contributed by atoms with Crippen molar-refractivity contribution in [2.45, 2.75) is 6.54 Å². The van der Waals surface area contributed by atoms with Crippen molar-refractivity contribution in [1.29, 1.82) is 0 Å². The molecule has 0 aliphatic rings. The lowest BCUT2D eigenvalue weighted by Crippen LogP contribution is -1.97. The Kier molecular flexibility index (Phi) is 2.94. The zero-order chi connectivity index (χ0) is 11.7. The van der Waals surface area contributed by atoms with E-state index in [4.69, 9.17) is 17.3 Å². The molecule has 0 unspecified atom stereocenters. The highest BCUT2D eigenvalue weighted by molar-refractivity contribution is 6.30. The smallest absolute Gasteiger partial charge is 0.132 e. The maximum Gasteiger partial charge on any atom is 0.132 e. The first-order valence-electron chi connectivity index (χ1n) is 4.80. The molecule has 0 aliphatic carbocycles. The van der Waals surface area contributed by atoms with Crippen LogP contribution in [0.25, 0.3) is 11.3 Å². The number of rotatable bonds is 2. The first-order chi connectivity index (χ1) is 7.61. The Morgan fingerprint density at radius 1 is 1.50 bits per heavy atom. The fourth-order valence-corrected chi connectivity index (χ4v) is 1.76. The topological polar surface area (TPSA) is 43.8 Å². The van der Waals surface area contributed by atoms with Crippen LogP contribution >= 0.6 is 11.6 Å². The third kappa shape index (κ3) is 1.94. The van der Waals surface area contributed by atoms with Gasteiger partial charge in [0.2, 0.25) is 0 Å². The van der Waals surface area contributed by atoms with Crippen molar-refractivity contribution in [1.82, 2.24) is 9.78 Å². The number of aromatic nitrogens is 2. The number of hydrogen-bond donors (Lipinski definition) is 1. The van der Waals surface area contributed by atoms with Gasteiger partial charge < -0.3 is 5.73 Å². The largest absolute Gasteiger partial charge is 0.326 e. The predicted molar refractivity (Wildman–Crippen MR) is 61.5 cm³/mol. The molecule has 2 aromatic rings. The summed E-state index contributed by atoms with van der Waals surface area (Å²) >= 11 is 5.84. The zero-order valence-electron chi connectivity index (χ0n) is 8.74. The number of aryl methyl sites for hydroxylation is 1. The van der Waals surface area contributed by atoms with Gasteiger partial charge in [-0.1, -0.05) is 11.6 Å². The van der Waals surface area contributed by atoms with Crippen LogP contribution in [-0.2, 0) is 13.6 Å². The Morgan fingerprint density at radius 2 is 2.25 bits per heavy atom. The van der Waals surface area contributed by atoms with Crippen LogP contribution in [0.3, 0.4) is 0 Å². The van der Waals surface area contributed by atoms with E-state index in [0.29, 0.717) is 22.8 Å². The molecule has 16 heavy (non-hydrogen) atoms. The molecule has 3 nitrogen and oxygen atoms in total. The average molecular weight is 240 g/mol. The van der Waals surface area contributed by atoms with Crippen molar-refractivity contribution in [3.05, 3.63) is 40.8 Å². The number of benzene rings is 1. The van der Waals surface area contributed by atoms with Crippen LogP contribution in [0.1, 0.15) is 5.56 Å². The van der Waals surface area contributed by atoms with Crippen LogP contribution in [0.2, 0.25) is 5.02 Å². The second-order valence-corrected chi connectivity index (χ2v) is 3.94. The summed E-state index contributed by atoms with van der Waals surface area (Å²) in [4.78, 5) is 0. The van der Waals surface area contributed by atoms with E-state index in [0.717, 1.165) is 5.56 Å². The first-order valence-corrected chi connectivity index (χ1v) is 5.17. The average Bonchev–Trinajstić information content (AvgIpc) is 2.63. The third-order valence-electron chi connectivity index (χ3n) is 2.31. The number of nitrogens with zero attached hydrogens (tertiary/aromatic N) is 2. The lowest BCUT2D eigenvalue weighted by Gasteiger charge is -2.02. The van der Waals surface area contributed by atoms with E-state index >= 15 is 0 Å². The number of hydrogen-bond acceptors (Lipinski definition) is 2. The van der Waals surface area contributed by atoms with Crippen molar-refractivity contribution in [2.24, 2.45) is 12.8 Å². The molecule has 0 fully saturated rings. The Hall–Kier alpha value is -1.39. The highest BCUT2D eigenvalue weighted by Gasteiger charge is 2.13. The van der Waals surface area contributed by atoms with Gasteiger partial charge in [-0.25, -0.2) is 4.39 Å². The molecule has 2 N–H and O–H groups in total. The van der Waals surface area contributed by atoms with Gasteiger partial charge >= 0.3 is 0 Å². The molecule has 0 radical (unpaired) electrons. The van der Waals surface area contributed by atoms with Gasteiger partial charge in [0.05, 0.1) is 5.69 Å². The monoisotopic (exact) mass is 239 g/mol. The quantitative estimate of drug-likeness (QED) is 0.874. The van der Waals surface area contributed by atoms with Crippen molar-refractivity contribution in [2.75, 3.05) is 0 Å². The maximum absolute atomic E-state index is 13.6. The highest BCUT2D eigenvalue weighted by atomic mass is 35.5. The minimum Gasteiger partial charge on any atom is -0.326 e. The van der Waals surface area contributed by atoms with Gasteiger partial charge in [-0.2, -0.15) is 5.10 Å². The van der Waals surface area contributed by atoms with Crippen LogP contribution < -0.4 is 5.73 Å². The number of nitrogens with two attached hydrogens (primary N) is 1. The maximum atomic E-state index is 13.6. The summed E-state index contributed by atoms with van der Waals surface area (Å²) in [5, 5.41) is 4.67. The molecule has 84 valence electrons. The summed E-state index contributed by atoms with van der Waals surface area (Å²) in [6.45, 7) is 0.315. The molecule has 0 amide bonds. The van der Waals surface area contributed by atoms with Gasteiger partial charge in [0.1, 0.15) is 5.82 Å². The summed E-state index contributed by atoms with van der Waals surface area (Å²) in [7, 11) is 1.77. The highest BCUT2D eigenvalue weighted by Crippen LogP contribution is 2.27. The SMILES string of the molecule is Cn1cc(CN)c(-c2cc(Cl)ccc2F)n1. The van der Waals surface area contributed by atoms with Crippen LogP contribution in [0.4, 0.5) is 4.39 Å². The molecule has 1 heterocycles. The van der Waals surface area contributed by atoms with Gasteiger partial charge in [-0.05, 0) is 18.2 Å². The van der Waals surface area contributed by atoms with Gasteiger partial charge in [-0.3, -0.25) is 4.68 Å². The zero-order valence-corrected chi connectivity index (χ0v) is 9.50. The number of halogens is 2. The van der Waals surface area contributed by atoms with Crippen LogP contribution in [0, 0.1) is 5.82 Å². The Labute approximate surface area is 97.6 Å². The molecular weight excluding hydrogens is 229 g/mol. The van der Waals surface area contributed by atoms with E-state index in [9.17, 15) is 4.39 Å². The van der Waals surface area contributed by atoms with Gasteiger partial charge in [0.25, 0.3) is 0 Å². The van der Waals surface area contributed by atoms with E-state index in [1.165, 1.54) is 12.1 Å². The summed E-state index contributed by atoms with van der Waals surface area (Å²) in [5.74, 6) is -0.349. The summed E-state index contributed by atoms with van der Waals surface area (Å²) in [6.07, 6.45) is 1.77. The van der Waals surface area contributed by atoms with E-state index < -0.39 is 0 Å². The molecular formula is C11H11ClFN3. The van der Waals surface area contributed by atoms with Crippen molar-refractivity contribution < 1.29 is 4.39 Å². The van der Waals surface area contributed by atoms with Gasteiger partial charge in [-0.15, -0.1) is 0 Å². The molecule has 1 aromatic heterocycles. The Morgan fingerprint density at radius 3 is 2.94 bits per heavy atom. The molecule has 0 spiro atoms. The molecule has 1 aromatic carbocycles. The predicted octanol–water partition coefficient (Wildman–Crippen LogP) is 2.34. The molecule has 0 saturated carbocycles. The fraction of sp³-hybridized carbons (Fsp3) is 0.182. The normalized spacial score (nSPS) is 10.8. The van der Waals surface area contributed by atoms with Gasteiger partial charge in [0, 0.05) is 35.9 Å². The summed E-state index contributed by atoms with van der Waals surface area (Å²) in [6, 6.07) is 4.39. The van der Waals surface area contributed by atoms with Gasteiger partial charge in [0.15, 0.2) is 0 Å². The van der Waals surface area contributed by atoms with E-state index in [-0.39, 0.29) is 5.82 Å². The molecule has 0 bridgehead atoms. The lowest BCUT2D eigenvalue weighted by atomic mass is 10.1. The Bertz CT molecular complexity index is 522. The minimum atomic E-state index is -0.349. The van der Waals surface area contributed by atoms with Crippen molar-refractivity contribution in [3.8, 4) is 11.3 Å². The molecule has 0 saturated heterocycles. The van der Waals surface area contributed by atoms with E-state index in [1.54, 1.807) is 24.0 Å². The Balaban J connectivity index is 2.61.